The first kappa shape index (κ1) is 18.8. The molecule has 2 heterocycles. The predicted molar refractivity (Wildman–Crippen MR) is 103 cm³/mol. The van der Waals surface area contributed by atoms with Gasteiger partial charge in [0.15, 0.2) is 5.78 Å². The maximum Gasteiger partial charge on any atom is 0.211 e. The smallest absolute Gasteiger partial charge is 0.211 e. The second-order valence-corrected chi connectivity index (χ2v) is 8.53. The van der Waals surface area contributed by atoms with E-state index in [1.807, 2.05) is 37.4 Å². The summed E-state index contributed by atoms with van der Waals surface area (Å²) in [6.45, 7) is 12.4. The van der Waals surface area contributed by atoms with Crippen LogP contribution in [0.5, 0.6) is 0 Å². The van der Waals surface area contributed by atoms with Gasteiger partial charge in [0.1, 0.15) is 5.76 Å². The first-order valence-electron chi connectivity index (χ1n) is 9.57. The summed E-state index contributed by atoms with van der Waals surface area (Å²) >= 11 is 0. The Kier molecular flexibility index (Phi) is 5.33. The summed E-state index contributed by atoms with van der Waals surface area (Å²) in [5.74, 6) is 2.10. The number of rotatable bonds is 4. The Balaban J connectivity index is 1.60. The number of ketones is 1. The number of nitrogens with zero attached hydrogens (tertiary/aromatic N) is 2. The summed E-state index contributed by atoms with van der Waals surface area (Å²) in [7, 11) is 0. The van der Waals surface area contributed by atoms with E-state index in [0.717, 1.165) is 43.1 Å². The summed E-state index contributed by atoms with van der Waals surface area (Å²) in [4.78, 5) is 19.6. The van der Waals surface area contributed by atoms with Crippen molar-refractivity contribution in [2.75, 3.05) is 13.1 Å². The SMILES string of the molecule is Cc1ccc(C(=O)C2CCN(C(C)c3ncc(C(C)(C)C)o3)CC2)cc1. The molecule has 0 aliphatic carbocycles. The van der Waals surface area contributed by atoms with Crippen LogP contribution in [0, 0.1) is 12.8 Å². The molecule has 0 bridgehead atoms. The molecule has 0 spiro atoms. The minimum Gasteiger partial charge on any atom is -0.443 e. The van der Waals surface area contributed by atoms with Gasteiger partial charge in [0.25, 0.3) is 0 Å². The lowest BCUT2D eigenvalue weighted by molar-refractivity contribution is 0.0779. The maximum absolute atomic E-state index is 12.7. The van der Waals surface area contributed by atoms with Gasteiger partial charge in [-0.25, -0.2) is 4.98 Å². The molecule has 0 N–H and O–H groups in total. The number of oxazole rings is 1. The van der Waals surface area contributed by atoms with Crippen LogP contribution < -0.4 is 0 Å². The fraction of sp³-hybridized carbons (Fsp3) is 0.545. The van der Waals surface area contributed by atoms with Crippen molar-refractivity contribution in [1.82, 2.24) is 9.88 Å². The molecular weight excluding hydrogens is 324 g/mol. The molecule has 1 atom stereocenters. The molecule has 1 fully saturated rings. The molecule has 4 heteroatoms. The number of aryl methyl sites for hydroxylation is 1. The Morgan fingerprint density at radius 2 is 1.81 bits per heavy atom. The number of hydrogen-bond acceptors (Lipinski definition) is 4. The van der Waals surface area contributed by atoms with Gasteiger partial charge in [0, 0.05) is 16.9 Å². The Labute approximate surface area is 156 Å². The summed E-state index contributed by atoms with van der Waals surface area (Å²) in [5, 5.41) is 0. The quantitative estimate of drug-likeness (QED) is 0.730. The van der Waals surface area contributed by atoms with Crippen LogP contribution >= 0.6 is 0 Å². The van der Waals surface area contributed by atoms with E-state index in [1.54, 1.807) is 0 Å². The summed E-state index contributed by atoms with van der Waals surface area (Å²) < 4.78 is 6.00. The number of carbonyl (C=O) groups excluding carboxylic acids is 1. The number of piperidine rings is 1. The number of Topliss-reactive ketones (excluding diaryl/α,β-unsaturated/α-hetero) is 1. The van der Waals surface area contributed by atoms with Gasteiger partial charge >= 0.3 is 0 Å². The lowest BCUT2D eigenvalue weighted by atomic mass is 9.88. The van der Waals surface area contributed by atoms with Crippen molar-refractivity contribution in [3.05, 3.63) is 53.2 Å². The largest absolute Gasteiger partial charge is 0.443 e. The maximum atomic E-state index is 12.7. The molecule has 0 radical (unpaired) electrons. The molecule has 26 heavy (non-hydrogen) atoms. The Hall–Kier alpha value is -1.94. The lowest BCUT2D eigenvalue weighted by Gasteiger charge is -2.34. The van der Waals surface area contributed by atoms with E-state index < -0.39 is 0 Å². The van der Waals surface area contributed by atoms with Gasteiger partial charge in [-0.3, -0.25) is 9.69 Å². The van der Waals surface area contributed by atoms with Crippen LogP contribution in [0.2, 0.25) is 0 Å². The van der Waals surface area contributed by atoms with E-state index in [9.17, 15) is 4.79 Å². The topological polar surface area (TPSA) is 46.3 Å². The fourth-order valence-corrected chi connectivity index (χ4v) is 3.49. The van der Waals surface area contributed by atoms with Crippen molar-refractivity contribution in [3.63, 3.8) is 0 Å². The molecule has 140 valence electrons. The highest BCUT2D eigenvalue weighted by Gasteiger charge is 2.30. The minimum atomic E-state index is -0.0293. The average molecular weight is 354 g/mol. The molecule has 0 amide bonds. The van der Waals surface area contributed by atoms with E-state index in [1.165, 1.54) is 5.56 Å². The standard InChI is InChI=1S/C22H30N2O2/c1-15-6-8-17(9-7-15)20(25)18-10-12-24(13-11-18)16(2)21-23-14-19(26-21)22(3,4)5/h6-9,14,16,18H,10-13H2,1-5H3. The zero-order valence-electron chi connectivity index (χ0n) is 16.6. The molecule has 0 saturated carbocycles. The van der Waals surface area contributed by atoms with Crippen LogP contribution in [0.1, 0.15) is 74.2 Å². The van der Waals surface area contributed by atoms with Gasteiger partial charge in [0.2, 0.25) is 5.89 Å². The van der Waals surface area contributed by atoms with Crippen LogP contribution in [-0.4, -0.2) is 28.8 Å². The summed E-state index contributed by atoms with van der Waals surface area (Å²) in [6.07, 6.45) is 3.63. The number of carbonyl (C=O) groups is 1. The van der Waals surface area contributed by atoms with E-state index in [4.69, 9.17) is 4.42 Å². The highest BCUT2D eigenvalue weighted by molar-refractivity contribution is 5.97. The van der Waals surface area contributed by atoms with Crippen LogP contribution in [-0.2, 0) is 5.41 Å². The average Bonchev–Trinajstić information content (AvgIpc) is 3.12. The zero-order chi connectivity index (χ0) is 18.9. The Morgan fingerprint density at radius 3 is 2.35 bits per heavy atom. The number of likely N-dealkylation sites (tertiary alicyclic amines) is 1. The van der Waals surface area contributed by atoms with Gasteiger partial charge < -0.3 is 4.42 Å². The Morgan fingerprint density at radius 1 is 1.19 bits per heavy atom. The molecule has 1 unspecified atom stereocenters. The van der Waals surface area contributed by atoms with Gasteiger partial charge in [-0.05, 0) is 39.8 Å². The zero-order valence-corrected chi connectivity index (χ0v) is 16.6. The third-order valence-electron chi connectivity index (χ3n) is 5.40. The van der Waals surface area contributed by atoms with Crippen molar-refractivity contribution in [2.45, 2.75) is 58.9 Å². The van der Waals surface area contributed by atoms with Crippen molar-refractivity contribution < 1.29 is 9.21 Å². The molecule has 4 nitrogen and oxygen atoms in total. The highest BCUT2D eigenvalue weighted by atomic mass is 16.4. The van der Waals surface area contributed by atoms with E-state index in [-0.39, 0.29) is 23.2 Å². The van der Waals surface area contributed by atoms with Crippen molar-refractivity contribution in [3.8, 4) is 0 Å². The van der Waals surface area contributed by atoms with E-state index in [0.29, 0.717) is 0 Å². The first-order valence-corrected chi connectivity index (χ1v) is 9.57. The molecule has 1 aromatic carbocycles. The molecule has 1 saturated heterocycles. The minimum absolute atomic E-state index is 0.0293. The predicted octanol–water partition coefficient (Wildman–Crippen LogP) is 4.94. The second kappa shape index (κ2) is 7.36. The second-order valence-electron chi connectivity index (χ2n) is 8.53. The first-order chi connectivity index (χ1) is 12.3. The number of benzene rings is 1. The number of hydrogen-bond donors (Lipinski definition) is 0. The molecule has 3 rings (SSSR count). The third kappa shape index (κ3) is 4.07. The van der Waals surface area contributed by atoms with Crippen molar-refractivity contribution >= 4 is 5.78 Å². The third-order valence-corrected chi connectivity index (χ3v) is 5.40. The molecule has 2 aromatic rings. The van der Waals surface area contributed by atoms with Crippen LogP contribution in [0.3, 0.4) is 0 Å². The van der Waals surface area contributed by atoms with Crippen LogP contribution in [0.25, 0.3) is 0 Å². The van der Waals surface area contributed by atoms with Crippen LogP contribution in [0.15, 0.2) is 34.9 Å². The fourth-order valence-electron chi connectivity index (χ4n) is 3.49. The van der Waals surface area contributed by atoms with E-state index >= 15 is 0 Å². The summed E-state index contributed by atoms with van der Waals surface area (Å²) in [5.41, 5.74) is 1.99. The monoisotopic (exact) mass is 354 g/mol. The van der Waals surface area contributed by atoms with Gasteiger partial charge in [-0.1, -0.05) is 50.6 Å². The highest BCUT2D eigenvalue weighted by Crippen LogP contribution is 2.30. The molecule has 1 aliphatic rings. The molecular formula is C22H30N2O2. The van der Waals surface area contributed by atoms with Crippen molar-refractivity contribution in [1.29, 1.82) is 0 Å². The van der Waals surface area contributed by atoms with Gasteiger partial charge in [-0.15, -0.1) is 0 Å². The molecule has 1 aromatic heterocycles. The van der Waals surface area contributed by atoms with Crippen molar-refractivity contribution in [2.24, 2.45) is 5.92 Å². The van der Waals surface area contributed by atoms with E-state index in [2.05, 4.69) is 37.6 Å². The van der Waals surface area contributed by atoms with Crippen LogP contribution in [0.4, 0.5) is 0 Å². The molecule has 1 aliphatic heterocycles. The Bertz CT molecular complexity index is 747. The number of aromatic nitrogens is 1. The summed E-state index contributed by atoms with van der Waals surface area (Å²) in [6, 6.07) is 8.07. The van der Waals surface area contributed by atoms with Gasteiger partial charge in [-0.2, -0.15) is 0 Å². The van der Waals surface area contributed by atoms with Gasteiger partial charge in [0.05, 0.1) is 12.2 Å². The lowest BCUT2D eigenvalue weighted by Crippen LogP contribution is -2.38. The normalized spacial score (nSPS) is 18.0.